The first kappa shape index (κ1) is 22.9. The van der Waals surface area contributed by atoms with Crippen molar-refractivity contribution in [3.8, 4) is 11.5 Å². The minimum Gasteiger partial charge on any atom is -0.497 e. The highest BCUT2D eigenvalue weighted by Gasteiger charge is 2.21. The highest BCUT2D eigenvalue weighted by molar-refractivity contribution is 5.40. The van der Waals surface area contributed by atoms with Gasteiger partial charge in [0.15, 0.2) is 0 Å². The van der Waals surface area contributed by atoms with Crippen LogP contribution in [-0.4, -0.2) is 94.9 Å². The normalized spacial score (nSPS) is 17.1. The van der Waals surface area contributed by atoms with Crippen LogP contribution >= 0.6 is 0 Å². The summed E-state index contributed by atoms with van der Waals surface area (Å²) in [4.78, 5) is 4.36. The van der Waals surface area contributed by atoms with Crippen molar-refractivity contribution in [3.63, 3.8) is 0 Å². The van der Waals surface area contributed by atoms with Gasteiger partial charge in [-0.25, -0.2) is 0 Å². The number of likely N-dealkylation sites (N-methyl/N-ethyl adjacent to an activating group) is 1. The molecule has 1 aliphatic rings. The number of hydrogen-bond donors (Lipinski definition) is 1. The Morgan fingerprint density at radius 3 is 2.57 bits per heavy atom. The van der Waals surface area contributed by atoms with Crippen LogP contribution in [0.1, 0.15) is 18.4 Å². The molecule has 0 spiro atoms. The Morgan fingerprint density at radius 2 is 1.93 bits per heavy atom. The zero-order valence-corrected chi connectivity index (χ0v) is 17.7. The number of piperidine rings is 1. The molecule has 0 saturated carbocycles. The van der Waals surface area contributed by atoms with E-state index in [4.69, 9.17) is 18.9 Å². The highest BCUT2D eigenvalue weighted by atomic mass is 16.5. The van der Waals surface area contributed by atoms with E-state index < -0.39 is 6.10 Å². The fourth-order valence-electron chi connectivity index (χ4n) is 3.38. The maximum atomic E-state index is 10.1. The van der Waals surface area contributed by atoms with E-state index in [0.29, 0.717) is 25.9 Å². The third-order valence-corrected chi connectivity index (χ3v) is 4.84. The van der Waals surface area contributed by atoms with Crippen molar-refractivity contribution < 1.29 is 24.1 Å². The Balaban J connectivity index is 1.90. The van der Waals surface area contributed by atoms with Crippen LogP contribution in [0.15, 0.2) is 18.2 Å². The van der Waals surface area contributed by atoms with Crippen molar-refractivity contribution >= 4 is 0 Å². The molecule has 28 heavy (non-hydrogen) atoms. The van der Waals surface area contributed by atoms with Gasteiger partial charge in [0, 0.05) is 38.9 Å². The summed E-state index contributed by atoms with van der Waals surface area (Å²) in [6, 6.07) is 5.85. The molecule has 0 aliphatic carbocycles. The summed E-state index contributed by atoms with van der Waals surface area (Å²) in [5.41, 5.74) is 1.08. The van der Waals surface area contributed by atoms with Gasteiger partial charge in [-0.1, -0.05) is 0 Å². The number of nitrogens with zero attached hydrogens (tertiary/aromatic N) is 2. The average molecular weight is 397 g/mol. The second-order valence-corrected chi connectivity index (χ2v) is 7.54. The highest BCUT2D eigenvalue weighted by Crippen LogP contribution is 2.27. The zero-order chi connectivity index (χ0) is 20.4. The first-order chi connectivity index (χ1) is 13.5. The number of aliphatic hydroxyl groups excluding tert-OH is 1. The standard InChI is InChI=1S/C21H36N2O5/c1-22(2)15-18(24)16-28-21-6-5-20(26-4)13-17(21)14-23-9-7-19(8-10-23)27-12-11-25-3/h5-6,13,18-19,24H,7-12,14-16H2,1-4H3/t18-/m0/s1. The molecule has 0 amide bonds. The van der Waals surface area contributed by atoms with Gasteiger partial charge in [-0.2, -0.15) is 0 Å². The van der Waals surface area contributed by atoms with Crippen LogP contribution in [0.5, 0.6) is 11.5 Å². The van der Waals surface area contributed by atoms with Gasteiger partial charge in [0.1, 0.15) is 24.2 Å². The lowest BCUT2D eigenvalue weighted by Crippen LogP contribution is -2.37. The average Bonchev–Trinajstić information content (AvgIpc) is 2.68. The molecule has 1 fully saturated rings. The molecule has 2 rings (SSSR count). The van der Waals surface area contributed by atoms with E-state index in [1.165, 1.54) is 0 Å². The van der Waals surface area contributed by atoms with Gasteiger partial charge >= 0.3 is 0 Å². The van der Waals surface area contributed by atoms with Crippen LogP contribution in [0.25, 0.3) is 0 Å². The van der Waals surface area contributed by atoms with Crippen molar-refractivity contribution in [2.75, 3.05) is 67.8 Å². The quantitative estimate of drug-likeness (QED) is 0.539. The largest absolute Gasteiger partial charge is 0.497 e. The zero-order valence-electron chi connectivity index (χ0n) is 17.7. The third-order valence-electron chi connectivity index (χ3n) is 4.84. The number of aliphatic hydroxyl groups is 1. The van der Waals surface area contributed by atoms with Gasteiger partial charge in [-0.15, -0.1) is 0 Å². The number of hydrogen-bond acceptors (Lipinski definition) is 7. The van der Waals surface area contributed by atoms with Crippen molar-refractivity contribution in [2.24, 2.45) is 0 Å². The first-order valence-corrected chi connectivity index (χ1v) is 9.97. The first-order valence-electron chi connectivity index (χ1n) is 9.97. The Kier molecular flexibility index (Phi) is 10.0. The molecule has 1 N–H and O–H groups in total. The Bertz CT molecular complexity index is 562. The van der Waals surface area contributed by atoms with E-state index in [1.807, 2.05) is 37.2 Å². The molecule has 0 radical (unpaired) electrons. The van der Waals surface area contributed by atoms with Gasteiger partial charge < -0.3 is 29.0 Å². The SMILES string of the molecule is COCCOC1CCN(Cc2cc(OC)ccc2OC[C@@H](O)CN(C)C)CC1. The number of methoxy groups -OCH3 is 2. The predicted octanol–water partition coefficient (Wildman–Crippen LogP) is 1.62. The van der Waals surface area contributed by atoms with Crippen LogP contribution in [0, 0.1) is 0 Å². The minimum absolute atomic E-state index is 0.271. The summed E-state index contributed by atoms with van der Waals surface area (Å²) in [5.74, 6) is 1.62. The number of likely N-dealkylation sites (tertiary alicyclic amines) is 1. The molecular weight excluding hydrogens is 360 g/mol. The maximum absolute atomic E-state index is 10.1. The molecule has 1 atom stereocenters. The second-order valence-electron chi connectivity index (χ2n) is 7.54. The lowest BCUT2D eigenvalue weighted by molar-refractivity contribution is -0.0159. The fraction of sp³-hybridized carbons (Fsp3) is 0.714. The summed E-state index contributed by atoms with van der Waals surface area (Å²) in [5, 5.41) is 10.1. The van der Waals surface area contributed by atoms with E-state index in [0.717, 1.165) is 49.5 Å². The molecule has 1 aromatic carbocycles. The smallest absolute Gasteiger partial charge is 0.124 e. The fourth-order valence-corrected chi connectivity index (χ4v) is 3.38. The van der Waals surface area contributed by atoms with Crippen molar-refractivity contribution in [1.29, 1.82) is 0 Å². The topological polar surface area (TPSA) is 63.6 Å². The summed E-state index contributed by atoms with van der Waals surface area (Å²) in [6.45, 7) is 4.90. The molecule has 0 bridgehead atoms. The van der Waals surface area contributed by atoms with Gasteiger partial charge in [0.05, 0.1) is 26.4 Å². The van der Waals surface area contributed by atoms with Crippen molar-refractivity contribution in [3.05, 3.63) is 23.8 Å². The minimum atomic E-state index is -0.523. The van der Waals surface area contributed by atoms with Crippen LogP contribution < -0.4 is 9.47 Å². The van der Waals surface area contributed by atoms with E-state index in [-0.39, 0.29) is 6.61 Å². The van der Waals surface area contributed by atoms with E-state index in [9.17, 15) is 5.11 Å². The lowest BCUT2D eigenvalue weighted by Gasteiger charge is -2.32. The molecule has 0 unspecified atom stereocenters. The maximum Gasteiger partial charge on any atom is 0.124 e. The third kappa shape index (κ3) is 7.93. The summed E-state index contributed by atoms with van der Waals surface area (Å²) in [6.07, 6.45) is 1.83. The molecule has 1 heterocycles. The molecule has 1 aromatic rings. The van der Waals surface area contributed by atoms with Gasteiger partial charge in [0.2, 0.25) is 0 Å². The van der Waals surface area contributed by atoms with Crippen LogP contribution in [0.3, 0.4) is 0 Å². The van der Waals surface area contributed by atoms with Crippen molar-refractivity contribution in [1.82, 2.24) is 9.80 Å². The Morgan fingerprint density at radius 1 is 1.18 bits per heavy atom. The Hall–Kier alpha value is -1.38. The number of ether oxygens (including phenoxy) is 4. The van der Waals surface area contributed by atoms with Crippen LogP contribution in [0.2, 0.25) is 0 Å². The van der Waals surface area contributed by atoms with Gasteiger partial charge in [0.25, 0.3) is 0 Å². The van der Waals surface area contributed by atoms with Gasteiger partial charge in [-0.05, 0) is 45.1 Å². The summed E-state index contributed by atoms with van der Waals surface area (Å²) < 4.78 is 22.2. The predicted molar refractivity (Wildman–Crippen MR) is 109 cm³/mol. The Labute approximate surface area is 169 Å². The molecule has 0 aromatic heterocycles. The van der Waals surface area contributed by atoms with E-state index in [2.05, 4.69) is 4.90 Å². The van der Waals surface area contributed by atoms with Gasteiger partial charge in [-0.3, -0.25) is 4.90 Å². The van der Waals surface area contributed by atoms with E-state index >= 15 is 0 Å². The lowest BCUT2D eigenvalue weighted by atomic mass is 10.1. The monoisotopic (exact) mass is 396 g/mol. The number of rotatable bonds is 12. The second kappa shape index (κ2) is 12.2. The number of benzene rings is 1. The van der Waals surface area contributed by atoms with Crippen molar-refractivity contribution in [2.45, 2.75) is 31.6 Å². The molecule has 1 saturated heterocycles. The molecular formula is C21H36N2O5. The van der Waals surface area contributed by atoms with Crippen LogP contribution in [-0.2, 0) is 16.0 Å². The van der Waals surface area contributed by atoms with E-state index in [1.54, 1.807) is 14.2 Å². The molecule has 7 nitrogen and oxygen atoms in total. The summed E-state index contributed by atoms with van der Waals surface area (Å²) >= 11 is 0. The molecule has 7 heteroatoms. The van der Waals surface area contributed by atoms with Crippen LogP contribution in [0.4, 0.5) is 0 Å². The molecule has 1 aliphatic heterocycles. The summed E-state index contributed by atoms with van der Waals surface area (Å²) in [7, 11) is 7.23. The molecule has 160 valence electrons.